The zero-order chi connectivity index (χ0) is 19.3. The average molecular weight is 393 g/mol. The van der Waals surface area contributed by atoms with E-state index >= 15 is 0 Å². The number of anilines is 1. The van der Waals surface area contributed by atoms with E-state index < -0.39 is 0 Å². The van der Waals surface area contributed by atoms with E-state index in [0.717, 1.165) is 35.2 Å². The predicted octanol–water partition coefficient (Wildman–Crippen LogP) is 5.11. The third-order valence-corrected chi connectivity index (χ3v) is 6.15. The number of rotatable bonds is 5. The Kier molecular flexibility index (Phi) is 5.76. The van der Waals surface area contributed by atoms with Gasteiger partial charge in [-0.05, 0) is 49.6 Å². The van der Waals surface area contributed by atoms with Crippen molar-refractivity contribution in [3.63, 3.8) is 0 Å². The molecule has 1 aliphatic rings. The minimum absolute atomic E-state index is 0.0965. The molecular formula is C22H24N4OS. The Labute approximate surface area is 169 Å². The van der Waals surface area contributed by atoms with Crippen LogP contribution < -0.4 is 5.32 Å². The van der Waals surface area contributed by atoms with Crippen molar-refractivity contribution in [2.75, 3.05) is 5.32 Å². The normalized spacial score (nSPS) is 14.8. The number of nitrogens with zero attached hydrogens (tertiary/aromatic N) is 3. The van der Waals surface area contributed by atoms with Crippen molar-refractivity contribution in [3.8, 4) is 0 Å². The Morgan fingerprint density at radius 2 is 1.93 bits per heavy atom. The van der Waals surface area contributed by atoms with E-state index in [0.29, 0.717) is 5.56 Å². The third kappa shape index (κ3) is 4.28. The van der Waals surface area contributed by atoms with Gasteiger partial charge >= 0.3 is 0 Å². The average Bonchev–Trinajstić information content (AvgIpc) is 2.95. The highest BCUT2D eigenvalue weighted by molar-refractivity contribution is 7.99. The zero-order valence-electron chi connectivity index (χ0n) is 16.0. The molecule has 1 aliphatic heterocycles. The number of carbonyl (C=O) groups excluding carboxylic acids is 1. The van der Waals surface area contributed by atoms with Gasteiger partial charge in [0.25, 0.3) is 5.91 Å². The highest BCUT2D eigenvalue weighted by Crippen LogP contribution is 2.35. The lowest BCUT2D eigenvalue weighted by Crippen LogP contribution is -2.11. The summed E-state index contributed by atoms with van der Waals surface area (Å²) in [7, 11) is 0. The smallest absolute Gasteiger partial charge is 0.255 e. The molecule has 6 heteroatoms. The number of hydrogen-bond acceptors (Lipinski definition) is 4. The number of amides is 1. The molecule has 144 valence electrons. The van der Waals surface area contributed by atoms with Crippen LogP contribution in [0.15, 0.2) is 59.8 Å². The Morgan fingerprint density at radius 1 is 1.07 bits per heavy atom. The fourth-order valence-electron chi connectivity index (χ4n) is 3.43. The van der Waals surface area contributed by atoms with Gasteiger partial charge in [0.15, 0.2) is 5.16 Å². The van der Waals surface area contributed by atoms with Gasteiger partial charge in [-0.3, -0.25) is 4.79 Å². The predicted molar refractivity (Wildman–Crippen MR) is 113 cm³/mol. The van der Waals surface area contributed by atoms with Crippen LogP contribution in [-0.4, -0.2) is 20.7 Å². The molecule has 0 spiro atoms. The van der Waals surface area contributed by atoms with Gasteiger partial charge < -0.3 is 9.88 Å². The van der Waals surface area contributed by atoms with Gasteiger partial charge in [0.2, 0.25) is 0 Å². The van der Waals surface area contributed by atoms with Gasteiger partial charge in [0.1, 0.15) is 5.82 Å². The molecule has 2 heterocycles. The molecule has 1 N–H and O–H groups in total. The summed E-state index contributed by atoms with van der Waals surface area (Å²) in [5.41, 5.74) is 2.61. The minimum Gasteiger partial charge on any atom is -0.322 e. The summed E-state index contributed by atoms with van der Waals surface area (Å²) in [6.07, 6.45) is 4.66. The fraction of sp³-hybridized carbons (Fsp3) is 0.318. The van der Waals surface area contributed by atoms with E-state index in [1.807, 2.05) is 48.5 Å². The van der Waals surface area contributed by atoms with E-state index in [9.17, 15) is 4.79 Å². The SMILES string of the molecule is CC(Sc1nnc2n1CCCCC2)c1cccc(NC(=O)c2ccccc2)c1. The highest BCUT2D eigenvalue weighted by atomic mass is 32.2. The monoisotopic (exact) mass is 392 g/mol. The molecule has 1 amide bonds. The van der Waals surface area contributed by atoms with E-state index in [-0.39, 0.29) is 11.2 Å². The molecule has 2 aromatic carbocycles. The second kappa shape index (κ2) is 8.61. The van der Waals surface area contributed by atoms with E-state index in [2.05, 4.69) is 33.1 Å². The molecule has 0 radical (unpaired) electrons. The van der Waals surface area contributed by atoms with Crippen molar-refractivity contribution in [1.29, 1.82) is 0 Å². The number of thioether (sulfide) groups is 1. The van der Waals surface area contributed by atoms with Crippen molar-refractivity contribution in [2.45, 2.75) is 49.6 Å². The van der Waals surface area contributed by atoms with Crippen LogP contribution in [0.3, 0.4) is 0 Å². The van der Waals surface area contributed by atoms with Crippen LogP contribution in [0.1, 0.15) is 53.2 Å². The van der Waals surface area contributed by atoms with Crippen molar-refractivity contribution >= 4 is 23.4 Å². The van der Waals surface area contributed by atoms with Crippen LogP contribution in [0.4, 0.5) is 5.69 Å². The first-order chi connectivity index (χ1) is 13.7. The quantitative estimate of drug-likeness (QED) is 0.613. The largest absolute Gasteiger partial charge is 0.322 e. The molecule has 3 aromatic rings. The van der Waals surface area contributed by atoms with Crippen LogP contribution in [0.25, 0.3) is 0 Å². The molecule has 1 unspecified atom stereocenters. The van der Waals surface area contributed by atoms with Crippen LogP contribution >= 0.6 is 11.8 Å². The molecule has 28 heavy (non-hydrogen) atoms. The maximum absolute atomic E-state index is 12.4. The zero-order valence-corrected chi connectivity index (χ0v) is 16.8. The third-order valence-electron chi connectivity index (χ3n) is 5.01. The van der Waals surface area contributed by atoms with Gasteiger partial charge in [0.05, 0.1) is 0 Å². The van der Waals surface area contributed by atoms with Crippen molar-refractivity contribution in [2.24, 2.45) is 0 Å². The maximum atomic E-state index is 12.4. The number of carbonyl (C=O) groups is 1. The summed E-state index contributed by atoms with van der Waals surface area (Å²) >= 11 is 1.73. The lowest BCUT2D eigenvalue weighted by Gasteiger charge is -2.14. The van der Waals surface area contributed by atoms with E-state index in [4.69, 9.17) is 0 Å². The summed E-state index contributed by atoms with van der Waals surface area (Å²) < 4.78 is 2.27. The van der Waals surface area contributed by atoms with Crippen LogP contribution in [0.2, 0.25) is 0 Å². The number of nitrogens with one attached hydrogen (secondary N) is 1. The Morgan fingerprint density at radius 3 is 2.79 bits per heavy atom. The highest BCUT2D eigenvalue weighted by Gasteiger charge is 2.18. The second-order valence-electron chi connectivity index (χ2n) is 7.07. The van der Waals surface area contributed by atoms with Gasteiger partial charge in [-0.25, -0.2) is 0 Å². The molecule has 0 saturated carbocycles. The van der Waals surface area contributed by atoms with Crippen molar-refractivity contribution in [1.82, 2.24) is 14.8 Å². The van der Waals surface area contributed by atoms with Gasteiger partial charge in [-0.1, -0.05) is 48.5 Å². The summed E-state index contributed by atoms with van der Waals surface area (Å²) in [6.45, 7) is 3.17. The molecule has 0 bridgehead atoms. The first kappa shape index (κ1) is 18.7. The molecule has 1 atom stereocenters. The van der Waals surface area contributed by atoms with E-state index in [1.165, 1.54) is 19.3 Å². The topological polar surface area (TPSA) is 59.8 Å². The van der Waals surface area contributed by atoms with E-state index in [1.54, 1.807) is 11.8 Å². The number of aryl methyl sites for hydroxylation is 1. The number of aromatic nitrogens is 3. The van der Waals surface area contributed by atoms with Gasteiger partial charge in [-0.15, -0.1) is 10.2 Å². The first-order valence-corrected chi connectivity index (χ1v) is 10.6. The lowest BCUT2D eigenvalue weighted by atomic mass is 10.1. The lowest BCUT2D eigenvalue weighted by molar-refractivity contribution is 0.102. The van der Waals surface area contributed by atoms with Gasteiger partial charge in [0, 0.05) is 29.5 Å². The Balaban J connectivity index is 1.47. The summed E-state index contributed by atoms with van der Waals surface area (Å²) in [6, 6.07) is 17.3. The first-order valence-electron chi connectivity index (χ1n) is 9.76. The molecular weight excluding hydrogens is 368 g/mol. The Hall–Kier alpha value is -2.60. The van der Waals surface area contributed by atoms with Crippen LogP contribution in [0.5, 0.6) is 0 Å². The van der Waals surface area contributed by atoms with Crippen molar-refractivity contribution in [3.05, 3.63) is 71.5 Å². The van der Waals surface area contributed by atoms with Crippen molar-refractivity contribution < 1.29 is 4.79 Å². The molecule has 0 fully saturated rings. The molecule has 5 nitrogen and oxygen atoms in total. The second-order valence-corrected chi connectivity index (χ2v) is 8.37. The summed E-state index contributed by atoms with van der Waals surface area (Å²) in [4.78, 5) is 12.4. The molecule has 1 aromatic heterocycles. The fourth-order valence-corrected chi connectivity index (χ4v) is 4.44. The molecule has 0 aliphatic carbocycles. The van der Waals surface area contributed by atoms with Gasteiger partial charge in [-0.2, -0.15) is 0 Å². The molecule has 0 saturated heterocycles. The summed E-state index contributed by atoms with van der Waals surface area (Å²) in [5, 5.41) is 13.0. The number of benzene rings is 2. The maximum Gasteiger partial charge on any atom is 0.255 e. The Bertz CT molecular complexity index is 954. The van der Waals surface area contributed by atoms with Crippen LogP contribution in [0, 0.1) is 0 Å². The summed E-state index contributed by atoms with van der Waals surface area (Å²) in [5.74, 6) is 1.01. The van der Waals surface area contributed by atoms with Crippen LogP contribution in [-0.2, 0) is 13.0 Å². The minimum atomic E-state index is -0.0965. The number of hydrogen-bond donors (Lipinski definition) is 1. The molecule has 4 rings (SSSR count). The standard InChI is InChI=1S/C22H24N4OS/c1-16(28-22-25-24-20-13-6-3-7-14-26(20)22)18-11-8-12-19(15-18)23-21(27)17-9-4-2-5-10-17/h2,4-5,8-12,15-16H,3,6-7,13-14H2,1H3,(H,23,27). The number of fused-ring (bicyclic) bond motifs is 1.